The number of hydrogen-bond acceptors (Lipinski definition) is 2. The van der Waals surface area contributed by atoms with Crippen molar-refractivity contribution in [3.8, 4) is 0 Å². The second-order valence-corrected chi connectivity index (χ2v) is 4.83. The highest BCUT2D eigenvalue weighted by atomic mass is 79.9. The van der Waals surface area contributed by atoms with Crippen LogP contribution in [0.3, 0.4) is 0 Å². The molecular weight excluding hydrogens is 242 g/mol. The van der Waals surface area contributed by atoms with Crippen molar-refractivity contribution in [3.05, 3.63) is 34.3 Å². The van der Waals surface area contributed by atoms with Crippen LogP contribution in [-0.4, -0.2) is 11.8 Å². The SMILES string of the molecule is CC(C)(C)O/N=[C]/c1ccc(Br)cc1. The van der Waals surface area contributed by atoms with E-state index in [1.165, 1.54) is 0 Å². The molecule has 0 saturated carbocycles. The molecule has 0 N–H and O–H groups in total. The first-order valence-electron chi connectivity index (χ1n) is 4.37. The average molecular weight is 255 g/mol. The molecule has 1 aromatic carbocycles. The molecule has 0 amide bonds. The first kappa shape index (κ1) is 11.2. The highest BCUT2D eigenvalue weighted by Crippen LogP contribution is 2.10. The summed E-state index contributed by atoms with van der Waals surface area (Å²) >= 11 is 3.36. The van der Waals surface area contributed by atoms with Gasteiger partial charge in [-0.3, -0.25) is 0 Å². The van der Waals surface area contributed by atoms with Crippen LogP contribution < -0.4 is 0 Å². The van der Waals surface area contributed by atoms with Gasteiger partial charge >= 0.3 is 0 Å². The van der Waals surface area contributed by atoms with Crippen LogP contribution in [0.5, 0.6) is 0 Å². The smallest absolute Gasteiger partial charge is 0.139 e. The van der Waals surface area contributed by atoms with Crippen molar-refractivity contribution in [2.75, 3.05) is 0 Å². The molecule has 14 heavy (non-hydrogen) atoms. The highest BCUT2D eigenvalue weighted by Gasteiger charge is 2.09. The van der Waals surface area contributed by atoms with Crippen molar-refractivity contribution in [2.24, 2.45) is 5.16 Å². The van der Waals surface area contributed by atoms with Crippen LogP contribution in [0.15, 0.2) is 33.9 Å². The summed E-state index contributed by atoms with van der Waals surface area (Å²) in [6, 6.07) is 7.71. The molecule has 0 spiro atoms. The summed E-state index contributed by atoms with van der Waals surface area (Å²) in [5.74, 6) is 0. The molecule has 0 bridgehead atoms. The van der Waals surface area contributed by atoms with Gasteiger partial charge in [-0.1, -0.05) is 33.2 Å². The summed E-state index contributed by atoms with van der Waals surface area (Å²) in [6.45, 7) is 5.83. The van der Waals surface area contributed by atoms with Gasteiger partial charge in [0.1, 0.15) is 11.8 Å². The Balaban J connectivity index is 2.57. The Kier molecular flexibility index (Phi) is 3.69. The lowest BCUT2D eigenvalue weighted by atomic mass is 10.2. The maximum absolute atomic E-state index is 5.17. The van der Waals surface area contributed by atoms with E-state index in [0.29, 0.717) is 0 Å². The van der Waals surface area contributed by atoms with Gasteiger partial charge in [0.2, 0.25) is 0 Å². The van der Waals surface area contributed by atoms with E-state index in [4.69, 9.17) is 4.84 Å². The summed E-state index contributed by atoms with van der Waals surface area (Å²) in [6.07, 6.45) is 2.81. The molecule has 0 unspecified atom stereocenters. The predicted molar refractivity (Wildman–Crippen MR) is 61.5 cm³/mol. The molecule has 1 radical (unpaired) electrons. The van der Waals surface area contributed by atoms with Gasteiger partial charge in [0.15, 0.2) is 0 Å². The molecule has 0 aliphatic carbocycles. The van der Waals surface area contributed by atoms with Gasteiger partial charge in [0.25, 0.3) is 0 Å². The molecule has 0 fully saturated rings. The number of halogens is 1. The number of hydrogen-bond donors (Lipinski definition) is 0. The molecule has 0 atom stereocenters. The minimum atomic E-state index is -0.262. The summed E-state index contributed by atoms with van der Waals surface area (Å²) < 4.78 is 1.04. The Labute approximate surface area is 93.1 Å². The summed E-state index contributed by atoms with van der Waals surface area (Å²) in [5.41, 5.74) is 0.639. The molecule has 3 heteroatoms. The molecule has 1 rings (SSSR count). The Morgan fingerprint density at radius 2 is 1.79 bits per heavy atom. The molecule has 2 nitrogen and oxygen atoms in total. The topological polar surface area (TPSA) is 21.6 Å². The fraction of sp³-hybridized carbons (Fsp3) is 0.364. The van der Waals surface area contributed by atoms with Gasteiger partial charge in [-0.05, 0) is 32.9 Å². The molecular formula is C11H13BrNO. The lowest BCUT2D eigenvalue weighted by Gasteiger charge is -2.14. The molecule has 0 saturated heterocycles. The van der Waals surface area contributed by atoms with Gasteiger partial charge in [-0.25, -0.2) is 0 Å². The zero-order valence-corrected chi connectivity index (χ0v) is 10.1. The van der Waals surface area contributed by atoms with Crippen LogP contribution in [0.2, 0.25) is 0 Å². The van der Waals surface area contributed by atoms with Crippen molar-refractivity contribution in [2.45, 2.75) is 26.4 Å². The minimum absolute atomic E-state index is 0.262. The van der Waals surface area contributed by atoms with Gasteiger partial charge in [0, 0.05) is 10.0 Å². The third-order valence-corrected chi connectivity index (χ3v) is 1.87. The van der Waals surface area contributed by atoms with Gasteiger partial charge in [0.05, 0.1) is 0 Å². The van der Waals surface area contributed by atoms with E-state index < -0.39 is 0 Å². The Bertz CT molecular complexity index is 311. The Morgan fingerprint density at radius 1 is 1.21 bits per heavy atom. The van der Waals surface area contributed by atoms with Crippen LogP contribution in [0, 0.1) is 0 Å². The molecule has 1 aromatic rings. The lowest BCUT2D eigenvalue weighted by Crippen LogP contribution is -2.15. The maximum Gasteiger partial charge on any atom is 0.139 e. The van der Waals surface area contributed by atoms with Gasteiger partial charge in [-0.15, -0.1) is 0 Å². The van der Waals surface area contributed by atoms with Crippen LogP contribution in [-0.2, 0) is 4.84 Å². The van der Waals surface area contributed by atoms with Crippen LogP contribution >= 0.6 is 15.9 Å². The highest BCUT2D eigenvalue weighted by molar-refractivity contribution is 9.10. The van der Waals surface area contributed by atoms with Crippen molar-refractivity contribution >= 4 is 22.1 Å². The second-order valence-electron chi connectivity index (χ2n) is 3.91. The van der Waals surface area contributed by atoms with E-state index in [1.807, 2.05) is 45.0 Å². The maximum atomic E-state index is 5.17. The van der Waals surface area contributed by atoms with E-state index in [-0.39, 0.29) is 5.60 Å². The van der Waals surface area contributed by atoms with E-state index in [0.717, 1.165) is 10.0 Å². The van der Waals surface area contributed by atoms with E-state index >= 15 is 0 Å². The summed E-state index contributed by atoms with van der Waals surface area (Å²) in [5, 5.41) is 3.78. The van der Waals surface area contributed by atoms with E-state index in [9.17, 15) is 0 Å². The zero-order chi connectivity index (χ0) is 10.6. The van der Waals surface area contributed by atoms with Gasteiger partial charge < -0.3 is 4.84 Å². The van der Waals surface area contributed by atoms with E-state index in [1.54, 1.807) is 0 Å². The fourth-order valence-electron chi connectivity index (χ4n) is 0.737. The van der Waals surface area contributed by atoms with Crippen molar-refractivity contribution in [1.82, 2.24) is 0 Å². The predicted octanol–water partition coefficient (Wildman–Crippen LogP) is 3.48. The monoisotopic (exact) mass is 254 g/mol. The van der Waals surface area contributed by atoms with Crippen LogP contribution in [0.1, 0.15) is 26.3 Å². The Morgan fingerprint density at radius 3 is 2.29 bits per heavy atom. The fourth-order valence-corrected chi connectivity index (χ4v) is 1.00. The second kappa shape index (κ2) is 4.60. The quantitative estimate of drug-likeness (QED) is 0.585. The normalized spacial score (nSPS) is 12.0. The van der Waals surface area contributed by atoms with Crippen LogP contribution in [0.4, 0.5) is 0 Å². The third kappa shape index (κ3) is 4.42. The average Bonchev–Trinajstić information content (AvgIpc) is 2.06. The van der Waals surface area contributed by atoms with Crippen molar-refractivity contribution in [3.63, 3.8) is 0 Å². The molecule has 0 aliphatic rings. The minimum Gasteiger partial charge on any atom is -0.390 e. The standard InChI is InChI=1S/C11H13BrNO/c1-11(2,3)14-13-8-9-4-6-10(12)7-5-9/h4-7H,1-3H3. The number of rotatable bonds is 2. The first-order chi connectivity index (χ1) is 6.47. The first-order valence-corrected chi connectivity index (χ1v) is 5.16. The molecule has 0 aliphatic heterocycles. The molecule has 75 valence electrons. The van der Waals surface area contributed by atoms with Crippen molar-refractivity contribution < 1.29 is 4.84 Å². The molecule has 0 aromatic heterocycles. The summed E-state index contributed by atoms with van der Waals surface area (Å²) in [7, 11) is 0. The van der Waals surface area contributed by atoms with Crippen molar-refractivity contribution in [1.29, 1.82) is 0 Å². The van der Waals surface area contributed by atoms with Gasteiger partial charge in [-0.2, -0.15) is 0 Å². The lowest BCUT2D eigenvalue weighted by molar-refractivity contribution is 0.00199. The Hall–Kier alpha value is -0.830. The summed E-state index contributed by atoms with van der Waals surface area (Å²) in [4.78, 5) is 5.17. The largest absolute Gasteiger partial charge is 0.390 e. The van der Waals surface area contributed by atoms with E-state index in [2.05, 4.69) is 27.3 Å². The third-order valence-electron chi connectivity index (χ3n) is 1.34. The van der Waals surface area contributed by atoms with Crippen LogP contribution in [0.25, 0.3) is 0 Å². The number of benzene rings is 1. The zero-order valence-electron chi connectivity index (χ0n) is 8.54. The number of nitrogens with zero attached hydrogens (tertiary/aromatic N) is 1. The molecule has 0 heterocycles.